The Morgan fingerprint density at radius 2 is 1.93 bits per heavy atom. The lowest BCUT2D eigenvalue weighted by Crippen LogP contribution is -2.41. The van der Waals surface area contributed by atoms with Crippen LogP contribution >= 0.6 is 11.3 Å². The smallest absolute Gasteiger partial charge is 0.238 e. The number of methoxy groups -OCH3 is 2. The molecule has 1 aliphatic heterocycles. The Morgan fingerprint density at radius 1 is 1.17 bits per heavy atom. The summed E-state index contributed by atoms with van der Waals surface area (Å²) in [6.45, 7) is 0.862. The molecule has 0 aliphatic carbocycles. The van der Waals surface area contributed by atoms with Gasteiger partial charge in [0.05, 0.1) is 32.5 Å². The van der Waals surface area contributed by atoms with Gasteiger partial charge in [0.2, 0.25) is 5.91 Å². The zero-order chi connectivity index (χ0) is 21.1. The highest BCUT2D eigenvalue weighted by Crippen LogP contribution is 2.42. The number of benzene rings is 2. The second kappa shape index (κ2) is 8.85. The molecule has 0 spiro atoms. The van der Waals surface area contributed by atoms with E-state index in [1.807, 2.05) is 23.6 Å². The van der Waals surface area contributed by atoms with E-state index in [-0.39, 0.29) is 24.2 Å². The number of halogens is 1. The summed E-state index contributed by atoms with van der Waals surface area (Å²) in [5.74, 6) is 0.675. The Bertz CT molecular complexity index is 1040. The molecular weight excluding hydrogens is 403 g/mol. The molecule has 0 unspecified atom stereocenters. The Morgan fingerprint density at radius 3 is 2.63 bits per heavy atom. The van der Waals surface area contributed by atoms with E-state index in [1.165, 1.54) is 11.6 Å². The molecule has 0 fully saturated rings. The number of hydrogen-bond donors (Lipinski definition) is 1. The van der Waals surface area contributed by atoms with Gasteiger partial charge in [-0.3, -0.25) is 9.69 Å². The lowest BCUT2D eigenvalue weighted by atomic mass is 9.91. The number of thiophene rings is 1. The number of carbonyl (C=O) groups excluding carboxylic acids is 1. The molecule has 30 heavy (non-hydrogen) atoms. The fourth-order valence-electron chi connectivity index (χ4n) is 3.88. The van der Waals surface area contributed by atoms with Crippen LogP contribution in [0.2, 0.25) is 0 Å². The first-order valence-electron chi connectivity index (χ1n) is 9.67. The second-order valence-electron chi connectivity index (χ2n) is 7.07. The van der Waals surface area contributed by atoms with Crippen LogP contribution in [0.1, 0.15) is 22.0 Å². The van der Waals surface area contributed by atoms with Gasteiger partial charge in [0.1, 0.15) is 5.82 Å². The predicted octanol–water partition coefficient (Wildman–Crippen LogP) is 4.49. The van der Waals surface area contributed by atoms with Gasteiger partial charge in [0.25, 0.3) is 0 Å². The summed E-state index contributed by atoms with van der Waals surface area (Å²) in [5.41, 5.74) is 2.47. The van der Waals surface area contributed by atoms with Crippen molar-refractivity contribution in [1.29, 1.82) is 0 Å². The predicted molar refractivity (Wildman–Crippen MR) is 116 cm³/mol. The maximum Gasteiger partial charge on any atom is 0.238 e. The molecule has 1 amide bonds. The first-order valence-corrected chi connectivity index (χ1v) is 10.5. The lowest BCUT2D eigenvalue weighted by molar-refractivity contribution is -0.117. The van der Waals surface area contributed by atoms with Crippen LogP contribution in [-0.4, -0.2) is 38.1 Å². The van der Waals surface area contributed by atoms with E-state index in [9.17, 15) is 9.18 Å². The topological polar surface area (TPSA) is 50.8 Å². The van der Waals surface area contributed by atoms with Gasteiger partial charge in [-0.1, -0.05) is 18.2 Å². The average Bonchev–Trinajstić information content (AvgIpc) is 3.28. The third-order valence-corrected chi connectivity index (χ3v) is 6.21. The largest absolute Gasteiger partial charge is 0.493 e. The normalized spacial score (nSPS) is 16.0. The number of fused-ring (bicyclic) bond motifs is 1. The minimum Gasteiger partial charge on any atom is -0.493 e. The van der Waals surface area contributed by atoms with Crippen molar-refractivity contribution in [2.24, 2.45) is 0 Å². The molecule has 0 bridgehead atoms. The van der Waals surface area contributed by atoms with Crippen molar-refractivity contribution in [2.45, 2.75) is 12.5 Å². The monoisotopic (exact) mass is 426 g/mol. The highest BCUT2D eigenvalue weighted by Gasteiger charge is 2.32. The Labute approximate surface area is 179 Å². The zero-order valence-electron chi connectivity index (χ0n) is 16.9. The van der Waals surface area contributed by atoms with Crippen LogP contribution in [0.15, 0.2) is 53.9 Å². The van der Waals surface area contributed by atoms with Crippen molar-refractivity contribution in [1.82, 2.24) is 4.90 Å². The van der Waals surface area contributed by atoms with Crippen molar-refractivity contribution in [3.05, 3.63) is 75.7 Å². The molecule has 1 atom stereocenters. The van der Waals surface area contributed by atoms with E-state index in [4.69, 9.17) is 9.47 Å². The maximum atomic E-state index is 13.9. The summed E-state index contributed by atoms with van der Waals surface area (Å²) in [6.07, 6.45) is 0.782. The number of carbonyl (C=O) groups is 1. The number of ether oxygens (including phenoxy) is 2. The number of nitrogens with one attached hydrogen (secondary N) is 1. The van der Waals surface area contributed by atoms with Crippen molar-refractivity contribution in [3.8, 4) is 11.5 Å². The van der Waals surface area contributed by atoms with Gasteiger partial charge < -0.3 is 14.8 Å². The Kier molecular flexibility index (Phi) is 6.01. The SMILES string of the molecule is COc1cc2c(cc1OC)[C@@H](c1cccs1)N(CC(=O)Nc1ccccc1F)CC2. The van der Waals surface area contributed by atoms with Crippen molar-refractivity contribution in [2.75, 3.05) is 32.6 Å². The summed E-state index contributed by atoms with van der Waals surface area (Å²) >= 11 is 1.65. The summed E-state index contributed by atoms with van der Waals surface area (Å²) < 4.78 is 24.9. The Hall–Kier alpha value is -2.90. The fraction of sp³-hybridized carbons (Fsp3) is 0.261. The first kappa shape index (κ1) is 20.4. The summed E-state index contributed by atoms with van der Waals surface area (Å²) in [7, 11) is 3.25. The van der Waals surface area contributed by atoms with Crippen molar-refractivity contribution < 1.29 is 18.7 Å². The first-order chi connectivity index (χ1) is 14.6. The van der Waals surface area contributed by atoms with Gasteiger partial charge in [-0.2, -0.15) is 0 Å². The number of nitrogens with zero attached hydrogens (tertiary/aromatic N) is 1. The van der Waals surface area contributed by atoms with Crippen LogP contribution in [-0.2, 0) is 11.2 Å². The molecule has 156 valence electrons. The average molecular weight is 427 g/mol. The highest BCUT2D eigenvalue weighted by molar-refractivity contribution is 7.10. The van der Waals surface area contributed by atoms with E-state index in [1.54, 1.807) is 43.8 Å². The number of rotatable bonds is 6. The number of anilines is 1. The van der Waals surface area contributed by atoms with Gasteiger partial charge in [-0.25, -0.2) is 4.39 Å². The van der Waals surface area contributed by atoms with Crippen molar-refractivity contribution >= 4 is 22.9 Å². The van der Waals surface area contributed by atoms with Gasteiger partial charge >= 0.3 is 0 Å². The Balaban J connectivity index is 1.64. The molecule has 7 heteroatoms. The minimum atomic E-state index is -0.443. The minimum absolute atomic E-state index is 0.0834. The van der Waals surface area contributed by atoms with E-state index >= 15 is 0 Å². The molecule has 2 heterocycles. The standard InChI is InChI=1S/C23H23FN2O3S/c1-28-19-12-15-9-10-26(14-22(27)25-18-7-4-3-6-17(18)24)23(21-8-5-11-30-21)16(15)13-20(19)29-2/h3-8,11-13,23H,9-10,14H2,1-2H3,(H,25,27)/t23-/m0/s1. The highest BCUT2D eigenvalue weighted by atomic mass is 32.1. The second-order valence-corrected chi connectivity index (χ2v) is 8.05. The van der Waals surface area contributed by atoms with Gasteiger partial charge in [-0.05, 0) is 53.3 Å². The van der Waals surface area contributed by atoms with E-state index < -0.39 is 5.82 Å². The molecule has 4 rings (SSSR count). The lowest BCUT2D eigenvalue weighted by Gasteiger charge is -2.37. The molecule has 0 saturated carbocycles. The van der Waals surface area contributed by atoms with Gasteiger partial charge in [-0.15, -0.1) is 11.3 Å². The molecule has 1 aliphatic rings. The van der Waals surface area contributed by atoms with Crippen LogP contribution in [0.25, 0.3) is 0 Å². The maximum absolute atomic E-state index is 13.9. The molecule has 3 aromatic rings. The summed E-state index contributed by atoms with van der Waals surface area (Å²) in [4.78, 5) is 16.0. The van der Waals surface area contributed by atoms with E-state index in [0.717, 1.165) is 16.9 Å². The molecule has 1 N–H and O–H groups in total. The van der Waals surface area contributed by atoms with Crippen LogP contribution in [0.3, 0.4) is 0 Å². The molecule has 0 radical (unpaired) electrons. The van der Waals surface area contributed by atoms with Crippen molar-refractivity contribution in [3.63, 3.8) is 0 Å². The molecule has 5 nitrogen and oxygen atoms in total. The molecule has 0 saturated heterocycles. The zero-order valence-corrected chi connectivity index (χ0v) is 17.7. The van der Waals surface area contributed by atoms with Crippen LogP contribution in [0.4, 0.5) is 10.1 Å². The quantitative estimate of drug-likeness (QED) is 0.631. The number of hydrogen-bond acceptors (Lipinski definition) is 5. The molecular formula is C23H23FN2O3S. The number of amides is 1. The molecule has 1 aromatic heterocycles. The van der Waals surface area contributed by atoms with Gasteiger partial charge in [0.15, 0.2) is 11.5 Å². The fourth-order valence-corrected chi connectivity index (χ4v) is 4.76. The summed E-state index contributed by atoms with van der Waals surface area (Å²) in [6, 6.07) is 14.2. The third-order valence-electron chi connectivity index (χ3n) is 5.28. The van der Waals surface area contributed by atoms with Crippen LogP contribution < -0.4 is 14.8 Å². The summed E-state index contributed by atoms with van der Waals surface area (Å²) in [5, 5.41) is 4.72. The van der Waals surface area contributed by atoms with Gasteiger partial charge in [0, 0.05) is 11.4 Å². The van der Waals surface area contributed by atoms with E-state index in [0.29, 0.717) is 18.0 Å². The van der Waals surface area contributed by atoms with E-state index in [2.05, 4.69) is 16.3 Å². The van der Waals surface area contributed by atoms with Crippen LogP contribution in [0, 0.1) is 5.82 Å². The number of para-hydroxylation sites is 1. The van der Waals surface area contributed by atoms with Crippen LogP contribution in [0.5, 0.6) is 11.5 Å². The molecule has 2 aromatic carbocycles. The third kappa shape index (κ3) is 4.04.